The van der Waals surface area contributed by atoms with Crippen LogP contribution in [0.3, 0.4) is 0 Å². The van der Waals surface area contributed by atoms with Gasteiger partial charge in [0.2, 0.25) is 0 Å². The first-order valence-corrected chi connectivity index (χ1v) is 19.5. The van der Waals surface area contributed by atoms with Gasteiger partial charge in [0, 0.05) is 26.1 Å². The van der Waals surface area contributed by atoms with Crippen LogP contribution in [0.1, 0.15) is 73.9 Å². The molecule has 8 nitrogen and oxygen atoms in total. The number of carbonyl (C=O) groups is 2. The second-order valence-corrected chi connectivity index (χ2v) is 14.1. The van der Waals surface area contributed by atoms with Crippen molar-refractivity contribution >= 4 is 11.9 Å². The number of hydrogen-bond acceptors (Lipinski definition) is 7. The quantitative estimate of drug-likeness (QED) is 0.0475. The lowest BCUT2D eigenvalue weighted by Gasteiger charge is -2.19. The zero-order chi connectivity index (χ0) is 43.2. The molecule has 4 aromatic carbocycles. The Labute approximate surface area is 340 Å². The van der Waals surface area contributed by atoms with Crippen molar-refractivity contribution in [2.75, 3.05) is 26.4 Å². The fraction of sp³-hybridized carbons (Fsp3) is 0.422. The topological polar surface area (TPSA) is 101 Å². The zero-order valence-corrected chi connectivity index (χ0v) is 33.5. The first kappa shape index (κ1) is 46.6. The van der Waals surface area contributed by atoms with E-state index < -0.39 is 58.8 Å². The summed E-state index contributed by atoms with van der Waals surface area (Å²) >= 11 is 0. The third kappa shape index (κ3) is 14.6. The standard InChI is InChI=1S/C45H50F6O8/c1-5-55-40(42(52)53)27-32-11-17-34(18-12-32)57-23-7-9-30-15-21-36(38(25-30)44(46,47)48)37-22-16-31(26-39(37)45(49,50)51)10-8-24-58-35-19-13-33(14-20-35)28-41(56-6-2)43(54)59-29(3)4/h11-22,25-26,29,40-41H,5-10,23-24,27-28H2,1-4H3,(H,52,53). The minimum atomic E-state index is -4.92. The molecule has 59 heavy (non-hydrogen) atoms. The molecule has 0 heterocycles. The number of hydrogen-bond donors (Lipinski definition) is 1. The van der Waals surface area contributed by atoms with Crippen molar-refractivity contribution in [1.29, 1.82) is 0 Å². The molecule has 0 radical (unpaired) electrons. The largest absolute Gasteiger partial charge is 0.494 e. The first-order valence-electron chi connectivity index (χ1n) is 19.5. The smallest absolute Gasteiger partial charge is 0.417 e. The molecule has 0 aliphatic carbocycles. The molecule has 2 unspecified atom stereocenters. The zero-order valence-electron chi connectivity index (χ0n) is 33.5. The molecule has 0 amide bonds. The van der Waals surface area contributed by atoms with E-state index in [-0.39, 0.29) is 50.8 Å². The Morgan fingerprint density at radius 3 is 1.36 bits per heavy atom. The summed E-state index contributed by atoms with van der Waals surface area (Å²) in [6, 6.07) is 20.5. The summed E-state index contributed by atoms with van der Waals surface area (Å²) in [5.74, 6) is -0.515. The van der Waals surface area contributed by atoms with Gasteiger partial charge in [-0.1, -0.05) is 48.5 Å². The Balaban J connectivity index is 1.36. The molecule has 4 rings (SSSR count). The third-order valence-corrected chi connectivity index (χ3v) is 9.14. The number of carboxylic acid groups (broad SMARTS) is 1. The van der Waals surface area contributed by atoms with Gasteiger partial charge in [-0.3, -0.25) is 0 Å². The SMILES string of the molecule is CCOC(Cc1ccc(OCCCc2ccc(-c3ccc(CCCOc4ccc(CC(OCC)C(=O)OC(C)C)cc4)cc3C(F)(F)F)c(C(F)(F)F)c2)cc1)C(=O)O. The van der Waals surface area contributed by atoms with Crippen LogP contribution in [0.2, 0.25) is 0 Å². The molecular weight excluding hydrogens is 782 g/mol. The summed E-state index contributed by atoms with van der Waals surface area (Å²) < 4.78 is 114. The molecule has 1 N–H and O–H groups in total. The van der Waals surface area contributed by atoms with Crippen molar-refractivity contribution in [3.8, 4) is 22.6 Å². The van der Waals surface area contributed by atoms with Gasteiger partial charge >= 0.3 is 24.3 Å². The number of ether oxygens (including phenoxy) is 5. The van der Waals surface area contributed by atoms with E-state index in [4.69, 9.17) is 23.7 Å². The lowest BCUT2D eigenvalue weighted by atomic mass is 9.91. The second-order valence-electron chi connectivity index (χ2n) is 14.1. The number of esters is 1. The van der Waals surface area contributed by atoms with Crippen molar-refractivity contribution in [3.63, 3.8) is 0 Å². The Morgan fingerprint density at radius 2 is 0.983 bits per heavy atom. The molecule has 0 fully saturated rings. The summed E-state index contributed by atoms with van der Waals surface area (Å²) in [5, 5.41) is 9.29. The van der Waals surface area contributed by atoms with E-state index in [2.05, 4.69) is 0 Å². The van der Waals surface area contributed by atoms with E-state index in [1.165, 1.54) is 12.1 Å². The fourth-order valence-corrected chi connectivity index (χ4v) is 6.38. The summed E-state index contributed by atoms with van der Waals surface area (Å²) in [4.78, 5) is 23.7. The molecular formula is C45H50F6O8. The monoisotopic (exact) mass is 832 g/mol. The summed E-state index contributed by atoms with van der Waals surface area (Å²) in [7, 11) is 0. The van der Waals surface area contributed by atoms with Crippen LogP contribution in [-0.2, 0) is 61.8 Å². The van der Waals surface area contributed by atoms with Crippen LogP contribution in [0.5, 0.6) is 11.5 Å². The molecule has 0 spiro atoms. The molecule has 0 bridgehead atoms. The average molecular weight is 833 g/mol. The highest BCUT2D eigenvalue weighted by molar-refractivity contribution is 5.75. The van der Waals surface area contributed by atoms with Gasteiger partial charge in [-0.25, -0.2) is 9.59 Å². The molecule has 2 atom stereocenters. The second kappa shape index (κ2) is 21.8. The van der Waals surface area contributed by atoms with Gasteiger partial charge < -0.3 is 28.8 Å². The average Bonchev–Trinajstić information content (AvgIpc) is 3.18. The molecule has 0 aliphatic heterocycles. The number of aliphatic carboxylic acids is 1. The maximum absolute atomic E-state index is 14.4. The van der Waals surface area contributed by atoms with Crippen LogP contribution in [-0.4, -0.2) is 61.8 Å². The molecule has 0 aliphatic rings. The predicted octanol–water partition coefficient (Wildman–Crippen LogP) is 10.3. The Morgan fingerprint density at radius 1 is 0.593 bits per heavy atom. The van der Waals surface area contributed by atoms with Crippen LogP contribution >= 0.6 is 0 Å². The summed E-state index contributed by atoms with van der Waals surface area (Å²) in [6.07, 6.45) is -10.4. The normalized spacial score (nSPS) is 12.9. The highest BCUT2D eigenvalue weighted by atomic mass is 19.4. The number of carbonyl (C=O) groups excluding carboxylic acids is 1. The number of aryl methyl sites for hydroxylation is 2. The minimum absolute atomic E-state index is 0.156. The predicted molar refractivity (Wildman–Crippen MR) is 209 cm³/mol. The number of carboxylic acids is 1. The molecule has 0 aromatic heterocycles. The van der Waals surface area contributed by atoms with Gasteiger partial charge in [0.15, 0.2) is 12.2 Å². The van der Waals surface area contributed by atoms with Gasteiger partial charge in [-0.05, 0) is 123 Å². The van der Waals surface area contributed by atoms with Gasteiger partial charge in [0.05, 0.1) is 30.4 Å². The summed E-state index contributed by atoms with van der Waals surface area (Å²) in [6.45, 7) is 7.91. The number of benzene rings is 4. The van der Waals surface area contributed by atoms with Crippen molar-refractivity contribution in [2.24, 2.45) is 0 Å². The van der Waals surface area contributed by atoms with Gasteiger partial charge in [0.25, 0.3) is 0 Å². The van der Waals surface area contributed by atoms with Crippen LogP contribution < -0.4 is 9.47 Å². The third-order valence-electron chi connectivity index (χ3n) is 9.14. The van der Waals surface area contributed by atoms with E-state index in [9.17, 15) is 41.0 Å². The Bertz CT molecular complexity index is 1940. The lowest BCUT2D eigenvalue weighted by Crippen LogP contribution is -2.30. The highest BCUT2D eigenvalue weighted by Crippen LogP contribution is 2.43. The van der Waals surface area contributed by atoms with Crippen molar-refractivity contribution in [2.45, 2.75) is 96.9 Å². The van der Waals surface area contributed by atoms with Crippen LogP contribution in [0.4, 0.5) is 26.3 Å². The summed E-state index contributed by atoms with van der Waals surface area (Å²) in [5.41, 5.74) is -1.34. The first-order chi connectivity index (χ1) is 28.0. The maximum Gasteiger partial charge on any atom is 0.417 e. The van der Waals surface area contributed by atoms with Crippen molar-refractivity contribution in [1.82, 2.24) is 0 Å². The van der Waals surface area contributed by atoms with Crippen LogP contribution in [0.25, 0.3) is 11.1 Å². The number of rotatable bonds is 22. The lowest BCUT2D eigenvalue weighted by molar-refractivity contribution is -0.160. The van der Waals surface area contributed by atoms with Crippen LogP contribution in [0, 0.1) is 0 Å². The number of alkyl halides is 6. The molecule has 0 saturated heterocycles. The Hall–Kier alpha value is -5.08. The van der Waals surface area contributed by atoms with Crippen molar-refractivity contribution < 1.29 is 64.7 Å². The van der Waals surface area contributed by atoms with Gasteiger partial charge in [-0.2, -0.15) is 26.3 Å². The Kier molecular flexibility index (Phi) is 17.2. The van der Waals surface area contributed by atoms with E-state index in [1.54, 1.807) is 76.2 Å². The molecule has 0 saturated carbocycles. The van der Waals surface area contributed by atoms with E-state index in [0.717, 1.165) is 35.4 Å². The molecule has 320 valence electrons. The fourth-order valence-electron chi connectivity index (χ4n) is 6.38. The van der Waals surface area contributed by atoms with Gasteiger partial charge in [0.1, 0.15) is 11.5 Å². The highest BCUT2D eigenvalue weighted by Gasteiger charge is 2.38. The van der Waals surface area contributed by atoms with Crippen molar-refractivity contribution in [3.05, 3.63) is 118 Å². The van der Waals surface area contributed by atoms with Crippen LogP contribution in [0.15, 0.2) is 84.9 Å². The van der Waals surface area contributed by atoms with E-state index in [1.807, 2.05) is 0 Å². The maximum atomic E-state index is 14.4. The van der Waals surface area contributed by atoms with E-state index in [0.29, 0.717) is 42.9 Å². The number of halogens is 6. The minimum Gasteiger partial charge on any atom is -0.494 e. The molecule has 4 aromatic rings. The van der Waals surface area contributed by atoms with E-state index >= 15 is 0 Å². The molecule has 14 heteroatoms. The van der Waals surface area contributed by atoms with Gasteiger partial charge in [-0.15, -0.1) is 0 Å².